The zero-order valence-electron chi connectivity index (χ0n) is 16.7. The Morgan fingerprint density at radius 1 is 1.25 bits per heavy atom. The highest BCUT2D eigenvalue weighted by molar-refractivity contribution is 6.74. The van der Waals surface area contributed by atoms with E-state index in [-0.39, 0.29) is 23.3 Å². The first-order chi connectivity index (χ1) is 10.8. The number of likely N-dealkylation sites (tertiary alicyclic amines) is 1. The Labute approximate surface area is 148 Å². The minimum Gasteiger partial charge on any atom is -0.444 e. The van der Waals surface area contributed by atoms with Crippen molar-refractivity contribution in [1.82, 2.24) is 4.90 Å². The van der Waals surface area contributed by atoms with Crippen LogP contribution in [-0.2, 0) is 9.16 Å². The first-order valence-electron chi connectivity index (χ1n) is 8.81. The Balaban J connectivity index is 2.87. The Morgan fingerprint density at radius 3 is 2.29 bits per heavy atom. The maximum absolute atomic E-state index is 12.5. The standard InChI is InChI=1S/C18H36N2O3Si/c1-17(2,3)22-16(21)20-13-15(12-14(20)10-9-11-19)23-24(7,8)18(4,5)6/h9-10,14-15H,11-13,19H2,1-8H3/b10-9+/t14-,15-/m1/s1. The van der Waals surface area contributed by atoms with E-state index in [9.17, 15) is 4.79 Å². The summed E-state index contributed by atoms with van der Waals surface area (Å²) in [7, 11) is -1.87. The summed E-state index contributed by atoms with van der Waals surface area (Å²) < 4.78 is 12.1. The van der Waals surface area contributed by atoms with Crippen LogP contribution in [0.4, 0.5) is 4.79 Å². The third-order valence-corrected chi connectivity index (χ3v) is 9.23. The summed E-state index contributed by atoms with van der Waals surface area (Å²) in [5.74, 6) is 0. The van der Waals surface area contributed by atoms with E-state index in [4.69, 9.17) is 14.9 Å². The first-order valence-corrected chi connectivity index (χ1v) is 11.7. The molecule has 0 aromatic heterocycles. The van der Waals surface area contributed by atoms with E-state index >= 15 is 0 Å². The molecule has 0 aromatic carbocycles. The van der Waals surface area contributed by atoms with E-state index in [0.717, 1.165) is 6.42 Å². The number of nitrogens with two attached hydrogens (primary N) is 1. The van der Waals surface area contributed by atoms with Crippen LogP contribution >= 0.6 is 0 Å². The van der Waals surface area contributed by atoms with Crippen molar-refractivity contribution < 1.29 is 14.0 Å². The van der Waals surface area contributed by atoms with Crippen molar-refractivity contribution in [2.24, 2.45) is 5.73 Å². The number of ether oxygens (including phenoxy) is 1. The SMILES string of the molecule is CC(C)(C)OC(=O)N1C[C@H](O[Si](C)(C)C(C)(C)C)C[C@H]1/C=C/CN. The number of nitrogens with zero attached hydrogens (tertiary/aromatic N) is 1. The van der Waals surface area contributed by atoms with Crippen molar-refractivity contribution in [2.45, 2.75) is 83.8 Å². The summed E-state index contributed by atoms with van der Waals surface area (Å²) in [6.45, 7) is 17.9. The number of carbonyl (C=O) groups is 1. The highest BCUT2D eigenvalue weighted by atomic mass is 28.4. The van der Waals surface area contributed by atoms with Gasteiger partial charge in [0.2, 0.25) is 0 Å². The van der Waals surface area contributed by atoms with Gasteiger partial charge in [0, 0.05) is 13.1 Å². The van der Waals surface area contributed by atoms with Crippen LogP contribution < -0.4 is 5.73 Å². The smallest absolute Gasteiger partial charge is 0.410 e. The molecule has 1 fully saturated rings. The minimum absolute atomic E-state index is 0.0156. The van der Waals surface area contributed by atoms with Gasteiger partial charge >= 0.3 is 6.09 Å². The average molecular weight is 357 g/mol. The van der Waals surface area contributed by atoms with Crippen LogP contribution in [0.3, 0.4) is 0 Å². The molecule has 0 aromatic rings. The molecular weight excluding hydrogens is 320 g/mol. The lowest BCUT2D eigenvalue weighted by Crippen LogP contribution is -2.45. The number of amides is 1. The van der Waals surface area contributed by atoms with Gasteiger partial charge < -0.3 is 14.9 Å². The molecule has 0 unspecified atom stereocenters. The Hall–Kier alpha value is -0.853. The van der Waals surface area contributed by atoms with Crippen LogP contribution in [-0.4, -0.2) is 50.1 Å². The second-order valence-corrected chi connectivity index (χ2v) is 13.9. The maximum Gasteiger partial charge on any atom is 0.410 e. The molecule has 1 heterocycles. The molecule has 0 saturated carbocycles. The zero-order chi connectivity index (χ0) is 18.8. The van der Waals surface area contributed by atoms with Gasteiger partial charge in [-0.05, 0) is 45.3 Å². The Morgan fingerprint density at radius 2 is 1.83 bits per heavy atom. The zero-order valence-corrected chi connectivity index (χ0v) is 17.7. The average Bonchev–Trinajstić information content (AvgIpc) is 2.75. The van der Waals surface area contributed by atoms with Gasteiger partial charge in [-0.3, -0.25) is 4.90 Å². The molecule has 2 N–H and O–H groups in total. The molecule has 2 atom stereocenters. The van der Waals surface area contributed by atoms with Gasteiger partial charge in [0.25, 0.3) is 0 Å². The van der Waals surface area contributed by atoms with E-state index in [0.29, 0.717) is 13.1 Å². The first kappa shape index (κ1) is 21.2. The fourth-order valence-corrected chi connectivity index (χ4v) is 3.81. The van der Waals surface area contributed by atoms with Gasteiger partial charge in [0.1, 0.15) is 5.60 Å². The van der Waals surface area contributed by atoms with Gasteiger partial charge in [-0.2, -0.15) is 0 Å². The van der Waals surface area contributed by atoms with Gasteiger partial charge in [-0.25, -0.2) is 4.79 Å². The summed E-state index contributed by atoms with van der Waals surface area (Å²) in [5.41, 5.74) is 5.08. The third kappa shape index (κ3) is 5.90. The van der Waals surface area contributed by atoms with Crippen molar-refractivity contribution in [3.8, 4) is 0 Å². The molecular formula is C18H36N2O3Si. The van der Waals surface area contributed by atoms with Crippen LogP contribution in [0, 0.1) is 0 Å². The lowest BCUT2D eigenvalue weighted by atomic mass is 10.2. The van der Waals surface area contributed by atoms with Crippen molar-refractivity contribution in [3.63, 3.8) is 0 Å². The fraction of sp³-hybridized carbons (Fsp3) is 0.833. The van der Waals surface area contributed by atoms with E-state index in [1.807, 2.05) is 32.9 Å². The predicted molar refractivity (Wildman–Crippen MR) is 102 cm³/mol. The minimum atomic E-state index is -1.87. The van der Waals surface area contributed by atoms with Gasteiger partial charge in [0.05, 0.1) is 12.1 Å². The van der Waals surface area contributed by atoms with E-state index in [1.165, 1.54) is 0 Å². The van der Waals surface area contributed by atoms with Crippen LogP contribution in [0.2, 0.25) is 18.1 Å². The Bertz CT molecular complexity index is 464. The van der Waals surface area contributed by atoms with Crippen molar-refractivity contribution in [1.29, 1.82) is 0 Å². The normalized spacial score (nSPS) is 23.1. The van der Waals surface area contributed by atoms with Crippen LogP contribution in [0.15, 0.2) is 12.2 Å². The van der Waals surface area contributed by atoms with Crippen molar-refractivity contribution in [3.05, 3.63) is 12.2 Å². The highest BCUT2D eigenvalue weighted by Crippen LogP contribution is 2.39. The van der Waals surface area contributed by atoms with Crippen molar-refractivity contribution in [2.75, 3.05) is 13.1 Å². The topological polar surface area (TPSA) is 64.8 Å². The summed E-state index contributed by atoms with van der Waals surface area (Å²) in [6.07, 6.45) is 4.46. The van der Waals surface area contributed by atoms with E-state index < -0.39 is 13.9 Å². The molecule has 1 saturated heterocycles. The summed E-state index contributed by atoms with van der Waals surface area (Å²) in [5, 5.41) is 0.148. The quantitative estimate of drug-likeness (QED) is 0.613. The molecule has 1 aliphatic heterocycles. The van der Waals surface area contributed by atoms with Crippen LogP contribution in [0.1, 0.15) is 48.0 Å². The molecule has 6 heteroatoms. The molecule has 0 aliphatic carbocycles. The monoisotopic (exact) mass is 356 g/mol. The molecule has 140 valence electrons. The second-order valence-electron chi connectivity index (χ2n) is 9.10. The fourth-order valence-electron chi connectivity index (χ4n) is 2.45. The number of hydrogen-bond acceptors (Lipinski definition) is 4. The Kier molecular flexibility index (Phi) is 6.69. The van der Waals surface area contributed by atoms with E-state index in [2.05, 4.69) is 33.9 Å². The predicted octanol–water partition coefficient (Wildman–Crippen LogP) is 3.90. The summed E-state index contributed by atoms with van der Waals surface area (Å²) >= 11 is 0. The molecule has 0 radical (unpaired) electrons. The number of carbonyl (C=O) groups excluding carboxylic acids is 1. The van der Waals surface area contributed by atoms with Gasteiger partial charge in [0.15, 0.2) is 8.32 Å². The lowest BCUT2D eigenvalue weighted by molar-refractivity contribution is 0.0237. The summed E-state index contributed by atoms with van der Waals surface area (Å²) in [6, 6.07) is -0.0156. The van der Waals surface area contributed by atoms with Gasteiger partial charge in [-0.15, -0.1) is 0 Å². The largest absolute Gasteiger partial charge is 0.444 e. The third-order valence-electron chi connectivity index (χ3n) is 4.69. The molecule has 0 spiro atoms. The molecule has 24 heavy (non-hydrogen) atoms. The van der Waals surface area contributed by atoms with Gasteiger partial charge in [-0.1, -0.05) is 32.9 Å². The summed E-state index contributed by atoms with van der Waals surface area (Å²) in [4.78, 5) is 14.3. The number of rotatable bonds is 4. The van der Waals surface area contributed by atoms with Crippen LogP contribution in [0.5, 0.6) is 0 Å². The number of hydrogen-bond donors (Lipinski definition) is 1. The molecule has 1 rings (SSSR count). The van der Waals surface area contributed by atoms with Crippen molar-refractivity contribution >= 4 is 14.4 Å². The van der Waals surface area contributed by atoms with Crippen LogP contribution in [0.25, 0.3) is 0 Å². The molecule has 0 bridgehead atoms. The molecule has 5 nitrogen and oxygen atoms in total. The second kappa shape index (κ2) is 7.58. The molecule has 1 aliphatic rings. The molecule has 1 amide bonds. The highest BCUT2D eigenvalue weighted by Gasteiger charge is 2.43. The van der Waals surface area contributed by atoms with E-state index in [1.54, 1.807) is 4.90 Å². The lowest BCUT2D eigenvalue weighted by Gasteiger charge is -2.38. The maximum atomic E-state index is 12.5.